The summed E-state index contributed by atoms with van der Waals surface area (Å²) < 4.78 is 10.7. The molecule has 16 heavy (non-hydrogen) atoms. The van der Waals surface area contributed by atoms with Crippen LogP contribution >= 0.6 is 0 Å². The zero-order valence-corrected chi connectivity index (χ0v) is 10.9. The Labute approximate surface area is 99.3 Å². The molecule has 0 radical (unpaired) electrons. The van der Waals surface area contributed by atoms with Crippen LogP contribution in [0.25, 0.3) is 0 Å². The molecule has 1 rings (SSSR count). The maximum atomic E-state index is 5.39. The van der Waals surface area contributed by atoms with Crippen molar-refractivity contribution in [3.8, 4) is 0 Å². The van der Waals surface area contributed by atoms with Crippen molar-refractivity contribution < 1.29 is 9.47 Å². The molecule has 0 bridgehead atoms. The smallest absolute Gasteiger partial charge is 0.0630 e. The summed E-state index contributed by atoms with van der Waals surface area (Å²) in [6.07, 6.45) is 2.74. The van der Waals surface area contributed by atoms with Gasteiger partial charge in [-0.15, -0.1) is 0 Å². The highest BCUT2D eigenvalue weighted by atomic mass is 16.5. The highest BCUT2D eigenvalue weighted by molar-refractivity contribution is 4.80. The molecule has 1 atom stereocenters. The van der Waals surface area contributed by atoms with Gasteiger partial charge in [0.15, 0.2) is 0 Å². The van der Waals surface area contributed by atoms with E-state index in [9.17, 15) is 0 Å². The van der Waals surface area contributed by atoms with Gasteiger partial charge in [-0.3, -0.25) is 4.90 Å². The number of ether oxygens (including phenoxy) is 2. The van der Waals surface area contributed by atoms with Crippen LogP contribution in [-0.2, 0) is 9.47 Å². The molecule has 1 unspecified atom stereocenters. The van der Waals surface area contributed by atoms with E-state index >= 15 is 0 Å². The fourth-order valence-corrected chi connectivity index (χ4v) is 2.27. The average molecular weight is 230 g/mol. The van der Waals surface area contributed by atoms with Gasteiger partial charge in [0.05, 0.1) is 12.7 Å². The molecular weight excluding hydrogens is 204 g/mol. The summed E-state index contributed by atoms with van der Waals surface area (Å²) in [5.74, 6) is 0. The molecule has 0 aromatic heterocycles. The third kappa shape index (κ3) is 4.37. The lowest BCUT2D eigenvalue weighted by Crippen LogP contribution is -2.49. The summed E-state index contributed by atoms with van der Waals surface area (Å²) >= 11 is 0. The average Bonchev–Trinajstić information content (AvgIpc) is 2.35. The van der Waals surface area contributed by atoms with E-state index in [0.717, 1.165) is 45.6 Å². The third-order valence-electron chi connectivity index (χ3n) is 3.32. The van der Waals surface area contributed by atoms with Crippen molar-refractivity contribution in [2.45, 2.75) is 31.9 Å². The van der Waals surface area contributed by atoms with Crippen LogP contribution in [0.2, 0.25) is 0 Å². The molecular formula is C12H26N2O2. The second kappa shape index (κ2) is 8.01. The Morgan fingerprint density at radius 1 is 1.31 bits per heavy atom. The molecule has 0 aromatic carbocycles. The van der Waals surface area contributed by atoms with Crippen molar-refractivity contribution >= 4 is 0 Å². The van der Waals surface area contributed by atoms with Crippen LogP contribution < -0.4 is 5.32 Å². The standard InChI is InChI=1S/C12H26N2O2/c1-4-13-9-11(10-15-2)14-7-5-12(16-3)6-8-14/h11-13H,4-10H2,1-3H3. The van der Waals surface area contributed by atoms with E-state index in [0.29, 0.717) is 12.1 Å². The molecule has 0 aliphatic carbocycles. The topological polar surface area (TPSA) is 33.7 Å². The van der Waals surface area contributed by atoms with Crippen molar-refractivity contribution in [3.63, 3.8) is 0 Å². The number of hydrogen-bond donors (Lipinski definition) is 1. The van der Waals surface area contributed by atoms with Crippen molar-refractivity contribution in [2.75, 3.05) is 47.0 Å². The van der Waals surface area contributed by atoms with Gasteiger partial charge in [-0.25, -0.2) is 0 Å². The molecule has 0 amide bonds. The number of likely N-dealkylation sites (tertiary alicyclic amines) is 1. The largest absolute Gasteiger partial charge is 0.383 e. The number of nitrogens with one attached hydrogen (secondary N) is 1. The van der Waals surface area contributed by atoms with Gasteiger partial charge >= 0.3 is 0 Å². The van der Waals surface area contributed by atoms with Crippen LogP contribution in [0.4, 0.5) is 0 Å². The van der Waals surface area contributed by atoms with Crippen LogP contribution in [0.1, 0.15) is 19.8 Å². The number of piperidine rings is 1. The minimum atomic E-state index is 0.457. The highest BCUT2D eigenvalue weighted by Crippen LogP contribution is 2.15. The predicted octanol–water partition coefficient (Wildman–Crippen LogP) is 0.722. The Bertz CT molecular complexity index is 170. The van der Waals surface area contributed by atoms with Gasteiger partial charge in [0.25, 0.3) is 0 Å². The third-order valence-corrected chi connectivity index (χ3v) is 3.32. The lowest BCUT2D eigenvalue weighted by Gasteiger charge is -2.36. The van der Waals surface area contributed by atoms with Crippen LogP contribution in [0.5, 0.6) is 0 Å². The van der Waals surface area contributed by atoms with Crippen molar-refractivity contribution in [1.82, 2.24) is 10.2 Å². The van der Waals surface area contributed by atoms with Gasteiger partial charge in [0, 0.05) is 39.9 Å². The van der Waals surface area contributed by atoms with E-state index in [1.54, 1.807) is 7.11 Å². The lowest BCUT2D eigenvalue weighted by atomic mass is 10.1. The molecule has 0 saturated carbocycles. The van der Waals surface area contributed by atoms with E-state index < -0.39 is 0 Å². The quantitative estimate of drug-likeness (QED) is 0.699. The molecule has 1 saturated heterocycles. The van der Waals surface area contributed by atoms with E-state index in [1.165, 1.54) is 0 Å². The molecule has 4 nitrogen and oxygen atoms in total. The van der Waals surface area contributed by atoms with Crippen molar-refractivity contribution in [2.24, 2.45) is 0 Å². The maximum absolute atomic E-state index is 5.39. The monoisotopic (exact) mass is 230 g/mol. The Kier molecular flexibility index (Phi) is 6.96. The summed E-state index contributed by atoms with van der Waals surface area (Å²) in [6, 6.07) is 0.503. The minimum Gasteiger partial charge on any atom is -0.383 e. The first kappa shape index (κ1) is 13.9. The first-order chi connectivity index (χ1) is 7.81. The number of methoxy groups -OCH3 is 2. The summed E-state index contributed by atoms with van der Waals surface area (Å²) in [4.78, 5) is 2.52. The second-order valence-electron chi connectivity index (χ2n) is 4.39. The lowest BCUT2D eigenvalue weighted by molar-refractivity contribution is 0.0109. The Hall–Kier alpha value is -0.160. The number of hydrogen-bond acceptors (Lipinski definition) is 4. The van der Waals surface area contributed by atoms with Gasteiger partial charge in [-0.1, -0.05) is 6.92 Å². The van der Waals surface area contributed by atoms with Gasteiger partial charge in [0.1, 0.15) is 0 Å². The Morgan fingerprint density at radius 2 is 2.00 bits per heavy atom. The Balaban J connectivity index is 2.33. The minimum absolute atomic E-state index is 0.457. The highest BCUT2D eigenvalue weighted by Gasteiger charge is 2.24. The molecule has 1 aliphatic heterocycles. The molecule has 96 valence electrons. The number of rotatable bonds is 7. The summed E-state index contributed by atoms with van der Waals surface area (Å²) in [6.45, 7) is 7.23. The zero-order valence-electron chi connectivity index (χ0n) is 10.9. The summed E-state index contributed by atoms with van der Waals surface area (Å²) in [5.41, 5.74) is 0. The number of likely N-dealkylation sites (N-methyl/N-ethyl adjacent to an activating group) is 1. The SMILES string of the molecule is CCNCC(COC)N1CCC(OC)CC1. The van der Waals surface area contributed by atoms with Gasteiger partial charge < -0.3 is 14.8 Å². The van der Waals surface area contributed by atoms with Gasteiger partial charge in [-0.2, -0.15) is 0 Å². The summed E-state index contributed by atoms with van der Waals surface area (Å²) in [7, 11) is 3.59. The van der Waals surface area contributed by atoms with E-state index in [2.05, 4.69) is 17.1 Å². The zero-order chi connectivity index (χ0) is 11.8. The van der Waals surface area contributed by atoms with Crippen molar-refractivity contribution in [1.29, 1.82) is 0 Å². The Morgan fingerprint density at radius 3 is 2.50 bits per heavy atom. The maximum Gasteiger partial charge on any atom is 0.0630 e. The molecule has 0 aromatic rings. The molecule has 1 N–H and O–H groups in total. The van der Waals surface area contributed by atoms with Gasteiger partial charge in [0.2, 0.25) is 0 Å². The molecule has 0 spiro atoms. The normalized spacial score (nSPS) is 21.2. The molecule has 1 fully saturated rings. The molecule has 1 aliphatic rings. The van der Waals surface area contributed by atoms with Crippen LogP contribution in [0, 0.1) is 0 Å². The van der Waals surface area contributed by atoms with Crippen LogP contribution in [0.3, 0.4) is 0 Å². The van der Waals surface area contributed by atoms with Gasteiger partial charge in [-0.05, 0) is 19.4 Å². The molecule has 1 heterocycles. The fourth-order valence-electron chi connectivity index (χ4n) is 2.27. The molecule has 4 heteroatoms. The summed E-state index contributed by atoms with van der Waals surface area (Å²) in [5, 5.41) is 3.40. The fraction of sp³-hybridized carbons (Fsp3) is 1.00. The number of nitrogens with zero attached hydrogens (tertiary/aromatic N) is 1. The first-order valence-electron chi connectivity index (χ1n) is 6.28. The first-order valence-corrected chi connectivity index (χ1v) is 6.28. The van der Waals surface area contributed by atoms with E-state index in [-0.39, 0.29) is 0 Å². The van der Waals surface area contributed by atoms with E-state index in [1.807, 2.05) is 7.11 Å². The van der Waals surface area contributed by atoms with Crippen LogP contribution in [-0.4, -0.2) is 64.1 Å². The predicted molar refractivity (Wildman–Crippen MR) is 65.8 cm³/mol. The van der Waals surface area contributed by atoms with Crippen molar-refractivity contribution in [3.05, 3.63) is 0 Å². The van der Waals surface area contributed by atoms with E-state index in [4.69, 9.17) is 9.47 Å². The van der Waals surface area contributed by atoms with Crippen LogP contribution in [0.15, 0.2) is 0 Å². The second-order valence-corrected chi connectivity index (χ2v) is 4.39.